The lowest BCUT2D eigenvalue weighted by molar-refractivity contribution is -0.143. The molecule has 0 radical (unpaired) electrons. The van der Waals surface area contributed by atoms with Gasteiger partial charge in [-0.3, -0.25) is 4.79 Å². The van der Waals surface area contributed by atoms with Crippen LogP contribution in [0, 0.1) is 17.8 Å². The van der Waals surface area contributed by atoms with Crippen molar-refractivity contribution in [3.63, 3.8) is 0 Å². The molecule has 3 aliphatic carbocycles. The van der Waals surface area contributed by atoms with Crippen LogP contribution in [0.5, 0.6) is 0 Å². The quantitative estimate of drug-likeness (QED) is 0.698. The van der Waals surface area contributed by atoms with Gasteiger partial charge < -0.3 is 4.74 Å². The van der Waals surface area contributed by atoms with Gasteiger partial charge in [-0.2, -0.15) is 0 Å². The maximum Gasteiger partial charge on any atom is 0.313 e. The van der Waals surface area contributed by atoms with Crippen LogP contribution in [0.15, 0.2) is 23.3 Å². The van der Waals surface area contributed by atoms with E-state index in [1.54, 1.807) is 0 Å². The van der Waals surface area contributed by atoms with Crippen molar-refractivity contribution in [2.75, 3.05) is 7.11 Å². The fourth-order valence-electron chi connectivity index (χ4n) is 2.68. The smallest absolute Gasteiger partial charge is 0.313 e. The van der Waals surface area contributed by atoms with Gasteiger partial charge in [0.1, 0.15) is 0 Å². The third kappa shape index (κ3) is 2.46. The van der Waals surface area contributed by atoms with Gasteiger partial charge in [0.2, 0.25) is 0 Å². The van der Waals surface area contributed by atoms with Crippen LogP contribution >= 0.6 is 0 Å². The van der Waals surface area contributed by atoms with Gasteiger partial charge in [0.25, 0.3) is 0 Å². The molecule has 3 aliphatic rings. The van der Waals surface area contributed by atoms with Crippen LogP contribution in [-0.4, -0.2) is 13.1 Å². The Kier molecular flexibility index (Phi) is 2.81. The number of esters is 1. The number of ether oxygens (including phenoxy) is 1. The van der Waals surface area contributed by atoms with E-state index in [1.165, 1.54) is 43.9 Å². The van der Waals surface area contributed by atoms with E-state index in [1.807, 2.05) is 0 Å². The first-order valence-electron chi connectivity index (χ1n) is 6.78. The average Bonchev–Trinajstić information content (AvgIpc) is 3.20. The molecule has 1 atom stereocenters. The van der Waals surface area contributed by atoms with E-state index in [9.17, 15) is 4.79 Å². The van der Waals surface area contributed by atoms with Crippen molar-refractivity contribution in [2.45, 2.75) is 38.5 Å². The predicted molar refractivity (Wildman–Crippen MR) is 66.4 cm³/mol. The topological polar surface area (TPSA) is 26.3 Å². The van der Waals surface area contributed by atoms with E-state index >= 15 is 0 Å². The molecule has 0 N–H and O–H groups in total. The minimum Gasteiger partial charge on any atom is -0.469 e. The lowest BCUT2D eigenvalue weighted by atomic mass is 9.98. The molecule has 0 bridgehead atoms. The maximum absolute atomic E-state index is 11.8. The average molecular weight is 232 g/mol. The summed E-state index contributed by atoms with van der Waals surface area (Å²) in [5.41, 5.74) is 2.74. The Balaban J connectivity index is 1.83. The molecule has 17 heavy (non-hydrogen) atoms. The Morgan fingerprint density at radius 2 is 1.76 bits per heavy atom. The Bertz CT molecular complexity index is 384. The van der Waals surface area contributed by atoms with E-state index in [2.05, 4.69) is 12.2 Å². The van der Waals surface area contributed by atoms with Crippen LogP contribution in [-0.2, 0) is 9.53 Å². The van der Waals surface area contributed by atoms with E-state index < -0.39 is 0 Å². The molecular weight excluding hydrogens is 212 g/mol. The number of carbonyl (C=O) groups is 1. The maximum atomic E-state index is 11.8. The summed E-state index contributed by atoms with van der Waals surface area (Å²) in [6, 6.07) is 0. The molecular formula is C15H20O2. The van der Waals surface area contributed by atoms with Crippen LogP contribution in [0.1, 0.15) is 38.5 Å². The van der Waals surface area contributed by atoms with Gasteiger partial charge in [-0.1, -0.05) is 12.2 Å². The first-order valence-corrected chi connectivity index (χ1v) is 6.78. The Morgan fingerprint density at radius 3 is 2.35 bits per heavy atom. The monoisotopic (exact) mass is 232 g/mol. The fourth-order valence-corrected chi connectivity index (χ4v) is 2.68. The lowest BCUT2D eigenvalue weighted by Gasteiger charge is -2.10. The molecule has 0 aromatic heterocycles. The molecule has 0 heterocycles. The first-order chi connectivity index (χ1) is 8.28. The van der Waals surface area contributed by atoms with Crippen LogP contribution < -0.4 is 0 Å². The van der Waals surface area contributed by atoms with Gasteiger partial charge in [-0.25, -0.2) is 0 Å². The highest BCUT2D eigenvalue weighted by Gasteiger charge is 2.35. The van der Waals surface area contributed by atoms with Crippen molar-refractivity contribution in [1.29, 1.82) is 0 Å². The minimum absolute atomic E-state index is 0.0191. The summed E-state index contributed by atoms with van der Waals surface area (Å²) in [5, 5.41) is 0. The van der Waals surface area contributed by atoms with Crippen LogP contribution in [0.3, 0.4) is 0 Å². The molecule has 0 aromatic carbocycles. The Morgan fingerprint density at radius 1 is 1.12 bits per heavy atom. The zero-order valence-electron chi connectivity index (χ0n) is 10.4. The SMILES string of the molecule is COC(=O)C1CCC(=C/C2CC2)/C1=C\C1CC1. The highest BCUT2D eigenvalue weighted by molar-refractivity contribution is 5.78. The van der Waals surface area contributed by atoms with Crippen molar-refractivity contribution in [3.05, 3.63) is 23.3 Å². The van der Waals surface area contributed by atoms with Crippen molar-refractivity contribution < 1.29 is 9.53 Å². The third-order valence-corrected chi connectivity index (χ3v) is 4.03. The Labute approximate surface area is 103 Å². The van der Waals surface area contributed by atoms with Gasteiger partial charge in [0.05, 0.1) is 13.0 Å². The highest BCUT2D eigenvalue weighted by atomic mass is 16.5. The standard InChI is InChI=1S/C15H20O2/c1-17-15(16)13-7-6-12(8-10-2-3-10)14(13)9-11-4-5-11/h8-11,13H,2-7H2,1H3/b12-8-,14-9+. The first kappa shape index (κ1) is 11.1. The molecule has 3 fully saturated rings. The summed E-state index contributed by atoms with van der Waals surface area (Å²) in [5.74, 6) is 1.50. The molecule has 0 aromatic rings. The van der Waals surface area contributed by atoms with Crippen molar-refractivity contribution in [2.24, 2.45) is 17.8 Å². The van der Waals surface area contributed by atoms with Gasteiger partial charge in [-0.05, 0) is 61.5 Å². The number of methoxy groups -OCH3 is 1. The largest absolute Gasteiger partial charge is 0.469 e. The van der Waals surface area contributed by atoms with Gasteiger partial charge in [0.15, 0.2) is 0 Å². The fraction of sp³-hybridized carbons (Fsp3) is 0.667. The normalized spacial score (nSPS) is 33.4. The second kappa shape index (κ2) is 4.32. The summed E-state index contributed by atoms with van der Waals surface area (Å²) < 4.78 is 4.93. The molecule has 2 heteroatoms. The van der Waals surface area contributed by atoms with Crippen LogP contribution in [0.2, 0.25) is 0 Å². The van der Waals surface area contributed by atoms with Crippen molar-refractivity contribution >= 4 is 5.97 Å². The summed E-state index contributed by atoms with van der Waals surface area (Å²) in [6.07, 6.45) is 12.0. The summed E-state index contributed by atoms with van der Waals surface area (Å²) in [6.45, 7) is 0. The molecule has 1 unspecified atom stereocenters. The molecule has 92 valence electrons. The minimum atomic E-state index is -0.0453. The van der Waals surface area contributed by atoms with Gasteiger partial charge in [0, 0.05) is 0 Å². The van der Waals surface area contributed by atoms with E-state index in [-0.39, 0.29) is 11.9 Å². The zero-order chi connectivity index (χ0) is 11.8. The number of hydrogen-bond acceptors (Lipinski definition) is 2. The molecule has 3 saturated carbocycles. The second-order valence-electron chi connectivity index (χ2n) is 5.60. The van der Waals surface area contributed by atoms with Crippen LogP contribution in [0.25, 0.3) is 0 Å². The van der Waals surface area contributed by atoms with Gasteiger partial charge in [-0.15, -0.1) is 0 Å². The highest BCUT2D eigenvalue weighted by Crippen LogP contribution is 2.44. The molecule has 0 saturated heterocycles. The number of carbonyl (C=O) groups excluding carboxylic acids is 1. The molecule has 3 rings (SSSR count). The predicted octanol–water partition coefficient (Wildman–Crippen LogP) is 3.24. The molecule has 0 aliphatic heterocycles. The van der Waals surface area contributed by atoms with E-state index in [0.717, 1.165) is 24.7 Å². The van der Waals surface area contributed by atoms with Crippen LogP contribution in [0.4, 0.5) is 0 Å². The third-order valence-electron chi connectivity index (χ3n) is 4.03. The summed E-state index contributed by atoms with van der Waals surface area (Å²) >= 11 is 0. The number of hydrogen-bond donors (Lipinski definition) is 0. The summed E-state index contributed by atoms with van der Waals surface area (Å²) in [7, 11) is 1.50. The van der Waals surface area contributed by atoms with Crippen molar-refractivity contribution in [1.82, 2.24) is 0 Å². The van der Waals surface area contributed by atoms with Gasteiger partial charge >= 0.3 is 5.97 Å². The van der Waals surface area contributed by atoms with E-state index in [0.29, 0.717) is 0 Å². The van der Waals surface area contributed by atoms with Crippen molar-refractivity contribution in [3.8, 4) is 0 Å². The summed E-state index contributed by atoms with van der Waals surface area (Å²) in [4.78, 5) is 11.8. The zero-order valence-corrected chi connectivity index (χ0v) is 10.4. The lowest BCUT2D eigenvalue weighted by Crippen LogP contribution is -2.14. The molecule has 2 nitrogen and oxygen atoms in total. The Hall–Kier alpha value is -1.05. The molecule has 0 amide bonds. The van der Waals surface area contributed by atoms with E-state index in [4.69, 9.17) is 4.74 Å². The number of allylic oxidation sites excluding steroid dienone is 3. The second-order valence-corrected chi connectivity index (χ2v) is 5.60. The molecule has 0 spiro atoms. The number of rotatable bonds is 3.